The molecule has 0 bridgehead atoms. The second-order valence-corrected chi connectivity index (χ2v) is 4.06. The fraction of sp³-hybridized carbons (Fsp3) is 0.167. The zero-order valence-corrected chi connectivity index (χ0v) is 9.76. The maximum atomic E-state index is 8.78. The molecule has 2 rings (SSSR count). The van der Waals surface area contributed by atoms with Crippen LogP contribution >= 0.6 is 11.6 Å². The van der Waals surface area contributed by atoms with E-state index in [1.54, 1.807) is 0 Å². The number of aryl methyl sites for hydroxylation is 2. The first-order chi connectivity index (χ1) is 7.61. The third kappa shape index (κ3) is 1.80. The van der Waals surface area contributed by atoms with Crippen LogP contribution in [0.5, 0.6) is 0 Å². The zero-order chi connectivity index (χ0) is 11.7. The molecule has 0 unspecified atom stereocenters. The number of aromatic nitrogens is 2. The van der Waals surface area contributed by atoms with Crippen LogP contribution in [0.2, 0.25) is 5.15 Å². The number of rotatable bonds is 1. The highest BCUT2D eigenvalue weighted by molar-refractivity contribution is 6.30. The van der Waals surface area contributed by atoms with Crippen LogP contribution in [0.1, 0.15) is 16.8 Å². The van der Waals surface area contributed by atoms with E-state index < -0.39 is 0 Å². The van der Waals surface area contributed by atoms with E-state index in [2.05, 4.69) is 16.0 Å². The molecular formula is C12H10ClN3. The number of hydrogen-bond donors (Lipinski definition) is 1. The summed E-state index contributed by atoms with van der Waals surface area (Å²) in [6, 6.07) is 7.99. The third-order valence-corrected chi connectivity index (χ3v) is 2.68. The van der Waals surface area contributed by atoms with E-state index in [0.29, 0.717) is 5.82 Å². The highest BCUT2D eigenvalue weighted by atomic mass is 35.5. The highest BCUT2D eigenvalue weighted by Crippen LogP contribution is 2.24. The second-order valence-electron chi connectivity index (χ2n) is 3.68. The van der Waals surface area contributed by atoms with Gasteiger partial charge in [-0.15, -0.1) is 0 Å². The van der Waals surface area contributed by atoms with Crippen LogP contribution in [-0.2, 0) is 0 Å². The lowest BCUT2D eigenvalue weighted by Gasteiger charge is -2.03. The van der Waals surface area contributed by atoms with E-state index in [1.807, 2.05) is 32.0 Å². The summed E-state index contributed by atoms with van der Waals surface area (Å²) in [4.78, 5) is 7.04. The Morgan fingerprint density at radius 2 is 2.12 bits per heavy atom. The molecule has 0 fully saturated rings. The Morgan fingerprint density at radius 1 is 1.38 bits per heavy atom. The predicted octanol–water partition coefficient (Wildman–Crippen LogP) is 3.22. The van der Waals surface area contributed by atoms with Gasteiger partial charge in [0.05, 0.1) is 0 Å². The van der Waals surface area contributed by atoms with E-state index in [4.69, 9.17) is 16.9 Å². The van der Waals surface area contributed by atoms with Crippen LogP contribution in [-0.4, -0.2) is 9.97 Å². The first kappa shape index (κ1) is 10.7. The fourth-order valence-electron chi connectivity index (χ4n) is 1.63. The monoisotopic (exact) mass is 231 g/mol. The van der Waals surface area contributed by atoms with Gasteiger partial charge in [-0.2, -0.15) is 5.26 Å². The van der Waals surface area contributed by atoms with Crippen LogP contribution < -0.4 is 0 Å². The molecule has 0 aliphatic carbocycles. The molecule has 0 spiro atoms. The molecule has 3 nitrogen and oxygen atoms in total. The highest BCUT2D eigenvalue weighted by Gasteiger charge is 2.10. The minimum atomic E-state index is 0.233. The molecule has 1 heterocycles. The number of H-pyrrole nitrogens is 1. The summed E-state index contributed by atoms with van der Waals surface area (Å²) in [7, 11) is 0. The number of halogens is 1. The average molecular weight is 232 g/mol. The first-order valence-electron chi connectivity index (χ1n) is 4.85. The van der Waals surface area contributed by atoms with Crippen molar-refractivity contribution in [1.29, 1.82) is 5.26 Å². The Balaban J connectivity index is 2.55. The predicted molar refractivity (Wildman–Crippen MR) is 63.2 cm³/mol. The van der Waals surface area contributed by atoms with Gasteiger partial charge in [-0.1, -0.05) is 35.4 Å². The lowest BCUT2D eigenvalue weighted by molar-refractivity contribution is 1.26. The molecule has 80 valence electrons. The van der Waals surface area contributed by atoms with E-state index >= 15 is 0 Å². The van der Waals surface area contributed by atoms with Crippen molar-refractivity contribution in [3.05, 3.63) is 40.2 Å². The maximum absolute atomic E-state index is 8.78. The van der Waals surface area contributed by atoms with Gasteiger partial charge in [0.25, 0.3) is 0 Å². The minimum absolute atomic E-state index is 0.233. The molecule has 0 saturated heterocycles. The number of nitrogens with one attached hydrogen (secondary N) is 1. The fourth-order valence-corrected chi connectivity index (χ4v) is 1.81. The number of benzene rings is 1. The molecule has 0 aliphatic heterocycles. The summed E-state index contributed by atoms with van der Waals surface area (Å²) in [6.45, 7) is 4.04. The van der Waals surface area contributed by atoms with Crippen molar-refractivity contribution in [3.8, 4) is 17.5 Å². The number of nitrogens with zero attached hydrogens (tertiary/aromatic N) is 2. The smallest absolute Gasteiger partial charge is 0.178 e. The van der Waals surface area contributed by atoms with Gasteiger partial charge in [-0.25, -0.2) is 4.98 Å². The van der Waals surface area contributed by atoms with Gasteiger partial charge in [0.15, 0.2) is 5.69 Å². The zero-order valence-electron chi connectivity index (χ0n) is 9.00. The van der Waals surface area contributed by atoms with Crippen molar-refractivity contribution < 1.29 is 0 Å². The van der Waals surface area contributed by atoms with Crippen molar-refractivity contribution in [3.63, 3.8) is 0 Å². The van der Waals surface area contributed by atoms with Crippen LogP contribution in [0.25, 0.3) is 11.4 Å². The summed E-state index contributed by atoms with van der Waals surface area (Å²) in [6.07, 6.45) is 0. The molecule has 0 amide bonds. The van der Waals surface area contributed by atoms with Crippen molar-refractivity contribution in [2.45, 2.75) is 13.8 Å². The Bertz CT molecular complexity index is 578. The van der Waals surface area contributed by atoms with E-state index in [-0.39, 0.29) is 10.8 Å². The molecule has 0 aliphatic rings. The topological polar surface area (TPSA) is 52.5 Å². The molecule has 16 heavy (non-hydrogen) atoms. The number of aromatic amines is 1. The van der Waals surface area contributed by atoms with Gasteiger partial charge >= 0.3 is 0 Å². The van der Waals surface area contributed by atoms with Gasteiger partial charge in [0, 0.05) is 5.56 Å². The Kier molecular flexibility index (Phi) is 2.67. The molecule has 1 aromatic heterocycles. The van der Waals surface area contributed by atoms with Crippen LogP contribution in [0, 0.1) is 25.2 Å². The molecule has 1 N–H and O–H groups in total. The van der Waals surface area contributed by atoms with Crippen molar-refractivity contribution >= 4 is 11.6 Å². The SMILES string of the molecule is Cc1ccc(-c2nc(C#N)c(Cl)[nH]2)c(C)c1. The van der Waals surface area contributed by atoms with Crippen molar-refractivity contribution in [2.24, 2.45) is 0 Å². The van der Waals surface area contributed by atoms with Gasteiger partial charge in [-0.05, 0) is 19.4 Å². The van der Waals surface area contributed by atoms with E-state index in [0.717, 1.165) is 11.1 Å². The van der Waals surface area contributed by atoms with Gasteiger partial charge < -0.3 is 4.98 Å². The summed E-state index contributed by atoms with van der Waals surface area (Å²) in [5.41, 5.74) is 3.50. The second kappa shape index (κ2) is 3.99. The lowest BCUT2D eigenvalue weighted by Crippen LogP contribution is -1.86. The van der Waals surface area contributed by atoms with Gasteiger partial charge in [0.1, 0.15) is 17.0 Å². The first-order valence-corrected chi connectivity index (χ1v) is 5.23. The lowest BCUT2D eigenvalue weighted by atomic mass is 10.1. The van der Waals surface area contributed by atoms with Gasteiger partial charge in [-0.3, -0.25) is 0 Å². The number of hydrogen-bond acceptors (Lipinski definition) is 2. The van der Waals surface area contributed by atoms with Crippen molar-refractivity contribution in [2.75, 3.05) is 0 Å². The largest absolute Gasteiger partial charge is 0.328 e. The summed E-state index contributed by atoms with van der Waals surface area (Å²) in [5, 5.41) is 9.06. The molecule has 1 aromatic carbocycles. The van der Waals surface area contributed by atoms with E-state index in [9.17, 15) is 0 Å². The quantitative estimate of drug-likeness (QED) is 0.819. The molecule has 0 atom stereocenters. The molecule has 0 radical (unpaired) electrons. The van der Waals surface area contributed by atoms with Crippen LogP contribution in [0.3, 0.4) is 0 Å². The average Bonchev–Trinajstić information content (AvgIpc) is 2.59. The minimum Gasteiger partial charge on any atom is -0.328 e. The molecule has 4 heteroatoms. The van der Waals surface area contributed by atoms with Crippen molar-refractivity contribution in [1.82, 2.24) is 9.97 Å². The van der Waals surface area contributed by atoms with E-state index in [1.165, 1.54) is 5.56 Å². The number of nitriles is 1. The van der Waals surface area contributed by atoms with Crippen LogP contribution in [0.15, 0.2) is 18.2 Å². The molecular weight excluding hydrogens is 222 g/mol. The Hall–Kier alpha value is -1.79. The van der Waals surface area contributed by atoms with Gasteiger partial charge in [0.2, 0.25) is 0 Å². The summed E-state index contributed by atoms with van der Waals surface area (Å²) in [5.74, 6) is 0.638. The maximum Gasteiger partial charge on any atom is 0.178 e. The summed E-state index contributed by atoms with van der Waals surface area (Å²) >= 11 is 5.84. The Labute approximate surface area is 98.7 Å². The summed E-state index contributed by atoms with van der Waals surface area (Å²) < 4.78 is 0. The standard InChI is InChI=1S/C12H10ClN3/c1-7-3-4-9(8(2)5-7)12-15-10(6-14)11(13)16-12/h3-5H,1-2H3,(H,15,16). The van der Waals surface area contributed by atoms with Crippen LogP contribution in [0.4, 0.5) is 0 Å². The number of imidazole rings is 1. The normalized spacial score (nSPS) is 10.1. The Morgan fingerprint density at radius 3 is 2.69 bits per heavy atom. The molecule has 2 aromatic rings. The molecule has 0 saturated carbocycles. The third-order valence-electron chi connectivity index (χ3n) is 2.40.